The summed E-state index contributed by atoms with van der Waals surface area (Å²) in [5.74, 6) is 0.963. The van der Waals surface area contributed by atoms with E-state index in [-0.39, 0.29) is 0 Å². The van der Waals surface area contributed by atoms with E-state index in [1.54, 1.807) is 31.2 Å². The zero-order valence-electron chi connectivity index (χ0n) is 18.7. The minimum absolute atomic E-state index is 0.456. The molecule has 0 saturated heterocycles. The fourth-order valence-electron chi connectivity index (χ4n) is 2.71. The standard InChI is InChI=1S/C24H30N2O5/c1-6-29-21-13-11-19(15-22(21)30-7-2)12-14-23(27)25-26-24(28)18(5)31-20-10-8-9-16(3)17(20)4/h8-15,18H,6-7H2,1-5H3,(H,25,27)(H,26,28)/b14-12+. The smallest absolute Gasteiger partial charge is 0.279 e. The lowest BCUT2D eigenvalue weighted by Gasteiger charge is -2.17. The maximum Gasteiger partial charge on any atom is 0.279 e. The van der Waals surface area contributed by atoms with Gasteiger partial charge in [0.2, 0.25) is 0 Å². The number of hydrogen-bond donors (Lipinski definition) is 2. The maximum absolute atomic E-state index is 12.2. The predicted octanol–water partition coefficient (Wildman–Crippen LogP) is 3.73. The van der Waals surface area contributed by atoms with Gasteiger partial charge in [0.1, 0.15) is 5.75 Å². The van der Waals surface area contributed by atoms with Crippen molar-refractivity contribution in [3.8, 4) is 17.2 Å². The number of nitrogens with one attached hydrogen (secondary N) is 2. The van der Waals surface area contributed by atoms with E-state index in [0.717, 1.165) is 16.7 Å². The summed E-state index contributed by atoms with van der Waals surface area (Å²) in [4.78, 5) is 24.3. The molecule has 7 heteroatoms. The SMILES string of the molecule is CCOc1ccc(/C=C/C(=O)NNC(=O)C(C)Oc2cccc(C)c2C)cc1OCC. The maximum atomic E-state index is 12.2. The third kappa shape index (κ3) is 7.06. The van der Waals surface area contributed by atoms with Crippen LogP contribution in [0.4, 0.5) is 0 Å². The summed E-state index contributed by atoms with van der Waals surface area (Å²) in [6.45, 7) is 10.3. The molecule has 1 atom stereocenters. The molecule has 0 aliphatic heterocycles. The number of rotatable bonds is 9. The number of benzene rings is 2. The van der Waals surface area contributed by atoms with Crippen molar-refractivity contribution in [2.45, 2.75) is 40.7 Å². The van der Waals surface area contributed by atoms with Crippen LogP contribution in [0.5, 0.6) is 17.2 Å². The summed E-state index contributed by atoms with van der Waals surface area (Å²) in [7, 11) is 0. The van der Waals surface area contributed by atoms with E-state index in [4.69, 9.17) is 14.2 Å². The number of aryl methyl sites for hydroxylation is 1. The van der Waals surface area contributed by atoms with Gasteiger partial charge in [-0.15, -0.1) is 0 Å². The lowest BCUT2D eigenvalue weighted by Crippen LogP contribution is -2.46. The first-order valence-electron chi connectivity index (χ1n) is 10.3. The van der Waals surface area contributed by atoms with Crippen LogP contribution in [0.1, 0.15) is 37.5 Å². The van der Waals surface area contributed by atoms with Crippen molar-refractivity contribution >= 4 is 17.9 Å². The van der Waals surface area contributed by atoms with Gasteiger partial charge >= 0.3 is 0 Å². The number of ether oxygens (including phenoxy) is 3. The molecule has 2 N–H and O–H groups in total. The van der Waals surface area contributed by atoms with Crippen LogP contribution in [-0.2, 0) is 9.59 Å². The third-order valence-corrected chi connectivity index (χ3v) is 4.53. The topological polar surface area (TPSA) is 85.9 Å². The Hall–Kier alpha value is -3.48. The molecule has 0 aliphatic carbocycles. The minimum Gasteiger partial charge on any atom is -0.490 e. The van der Waals surface area contributed by atoms with Crippen molar-refractivity contribution < 1.29 is 23.8 Å². The fourth-order valence-corrected chi connectivity index (χ4v) is 2.71. The summed E-state index contributed by atoms with van der Waals surface area (Å²) in [6, 6.07) is 11.0. The van der Waals surface area contributed by atoms with E-state index >= 15 is 0 Å². The van der Waals surface area contributed by atoms with Gasteiger partial charge in [0.05, 0.1) is 13.2 Å². The van der Waals surface area contributed by atoms with Gasteiger partial charge in [-0.2, -0.15) is 0 Å². The summed E-state index contributed by atoms with van der Waals surface area (Å²) in [6.07, 6.45) is 2.17. The van der Waals surface area contributed by atoms with Crippen LogP contribution >= 0.6 is 0 Å². The molecule has 0 bridgehead atoms. The van der Waals surface area contributed by atoms with Crippen LogP contribution in [0.3, 0.4) is 0 Å². The number of amides is 2. The molecule has 7 nitrogen and oxygen atoms in total. The molecule has 2 aromatic carbocycles. The van der Waals surface area contributed by atoms with Crippen LogP contribution in [0.2, 0.25) is 0 Å². The van der Waals surface area contributed by atoms with Gasteiger partial charge in [-0.25, -0.2) is 0 Å². The van der Waals surface area contributed by atoms with E-state index in [9.17, 15) is 9.59 Å². The average molecular weight is 427 g/mol. The Morgan fingerprint density at radius 2 is 1.68 bits per heavy atom. The summed E-state index contributed by atoms with van der Waals surface area (Å²) in [5.41, 5.74) is 7.53. The average Bonchev–Trinajstić information content (AvgIpc) is 2.75. The van der Waals surface area contributed by atoms with Gasteiger partial charge in [-0.3, -0.25) is 20.4 Å². The largest absolute Gasteiger partial charge is 0.490 e. The fraction of sp³-hybridized carbons (Fsp3) is 0.333. The quantitative estimate of drug-likeness (QED) is 0.471. The van der Waals surface area contributed by atoms with Crippen molar-refractivity contribution in [1.29, 1.82) is 0 Å². The zero-order chi connectivity index (χ0) is 22.8. The van der Waals surface area contributed by atoms with E-state index in [1.807, 2.05) is 45.9 Å². The van der Waals surface area contributed by atoms with Crippen LogP contribution in [-0.4, -0.2) is 31.1 Å². The second kappa shape index (κ2) is 11.6. The molecular formula is C24H30N2O5. The number of hydrazine groups is 1. The summed E-state index contributed by atoms with van der Waals surface area (Å²) in [5, 5.41) is 0. The van der Waals surface area contributed by atoms with Crippen molar-refractivity contribution in [2.24, 2.45) is 0 Å². The highest BCUT2D eigenvalue weighted by Crippen LogP contribution is 2.29. The Bertz CT molecular complexity index is 940. The molecule has 2 rings (SSSR count). The van der Waals surface area contributed by atoms with E-state index < -0.39 is 17.9 Å². The predicted molar refractivity (Wildman–Crippen MR) is 120 cm³/mol. The van der Waals surface area contributed by atoms with Crippen molar-refractivity contribution in [3.63, 3.8) is 0 Å². The summed E-state index contributed by atoms with van der Waals surface area (Å²) >= 11 is 0. The zero-order valence-corrected chi connectivity index (χ0v) is 18.7. The van der Waals surface area contributed by atoms with Gasteiger partial charge in [0.25, 0.3) is 11.8 Å². The Morgan fingerprint density at radius 1 is 0.968 bits per heavy atom. The molecule has 1 unspecified atom stereocenters. The van der Waals surface area contributed by atoms with E-state index in [1.165, 1.54) is 6.08 Å². The highest BCUT2D eigenvalue weighted by Gasteiger charge is 2.16. The molecular weight excluding hydrogens is 396 g/mol. The number of hydrogen-bond acceptors (Lipinski definition) is 5. The van der Waals surface area contributed by atoms with Crippen LogP contribution in [0.15, 0.2) is 42.5 Å². The molecule has 2 aromatic rings. The molecule has 0 heterocycles. The van der Waals surface area contributed by atoms with Crippen LogP contribution in [0, 0.1) is 13.8 Å². The molecule has 166 valence electrons. The van der Waals surface area contributed by atoms with E-state index in [0.29, 0.717) is 30.5 Å². The molecule has 0 aromatic heterocycles. The Morgan fingerprint density at radius 3 is 2.39 bits per heavy atom. The second-order valence-corrected chi connectivity index (χ2v) is 6.84. The summed E-state index contributed by atoms with van der Waals surface area (Å²) < 4.78 is 16.8. The van der Waals surface area contributed by atoms with Gasteiger partial charge in [0, 0.05) is 6.08 Å². The highest BCUT2D eigenvalue weighted by atomic mass is 16.5. The molecule has 0 aliphatic rings. The van der Waals surface area contributed by atoms with Gasteiger partial charge < -0.3 is 14.2 Å². The molecule has 31 heavy (non-hydrogen) atoms. The second-order valence-electron chi connectivity index (χ2n) is 6.84. The van der Waals surface area contributed by atoms with Gasteiger partial charge in [-0.1, -0.05) is 18.2 Å². The molecule has 0 saturated carbocycles. The van der Waals surface area contributed by atoms with Crippen molar-refractivity contribution in [1.82, 2.24) is 10.9 Å². The van der Waals surface area contributed by atoms with Gasteiger partial charge in [0.15, 0.2) is 17.6 Å². The minimum atomic E-state index is -0.773. The van der Waals surface area contributed by atoms with Crippen molar-refractivity contribution in [2.75, 3.05) is 13.2 Å². The molecule has 0 radical (unpaired) electrons. The van der Waals surface area contributed by atoms with Crippen LogP contribution in [0.25, 0.3) is 6.08 Å². The normalized spacial score (nSPS) is 11.6. The Balaban J connectivity index is 1.90. The third-order valence-electron chi connectivity index (χ3n) is 4.53. The number of carbonyl (C=O) groups excluding carboxylic acids is 2. The first kappa shape index (κ1) is 23.8. The molecule has 0 spiro atoms. The van der Waals surface area contributed by atoms with Crippen LogP contribution < -0.4 is 25.1 Å². The monoisotopic (exact) mass is 426 g/mol. The first-order chi connectivity index (χ1) is 14.8. The Labute approximate surface area is 183 Å². The van der Waals surface area contributed by atoms with E-state index in [2.05, 4.69) is 10.9 Å². The lowest BCUT2D eigenvalue weighted by atomic mass is 10.1. The first-order valence-corrected chi connectivity index (χ1v) is 10.3. The molecule has 0 fully saturated rings. The van der Waals surface area contributed by atoms with Gasteiger partial charge in [-0.05, 0) is 75.6 Å². The lowest BCUT2D eigenvalue weighted by molar-refractivity contribution is -0.131. The Kier molecular flexibility index (Phi) is 8.94. The van der Waals surface area contributed by atoms with Crippen molar-refractivity contribution in [3.05, 3.63) is 59.2 Å². The highest BCUT2D eigenvalue weighted by molar-refractivity contribution is 5.93. The number of carbonyl (C=O) groups is 2. The molecule has 2 amide bonds.